The minimum absolute atomic E-state index is 0.105. The highest BCUT2D eigenvalue weighted by Gasteiger charge is 2.31. The van der Waals surface area contributed by atoms with Crippen LogP contribution < -0.4 is 5.43 Å². The molecule has 0 aliphatic carbocycles. The van der Waals surface area contributed by atoms with E-state index in [1.807, 2.05) is 6.92 Å². The lowest BCUT2D eigenvalue weighted by molar-refractivity contribution is 0.0354. The number of nitrogens with zero attached hydrogens (tertiary/aromatic N) is 2. The Bertz CT molecular complexity index is 858. The van der Waals surface area contributed by atoms with E-state index >= 15 is 0 Å². The monoisotopic (exact) mass is 391 g/mol. The van der Waals surface area contributed by atoms with Gasteiger partial charge in [0, 0.05) is 11.3 Å². The molecular weight excluding hydrogens is 369 g/mol. The number of aryl methyl sites for hydroxylation is 2. The molecule has 0 saturated carbocycles. The lowest BCUT2D eigenvalue weighted by Gasteiger charge is -2.35. The lowest BCUT2D eigenvalue weighted by Crippen LogP contribution is -2.56. The van der Waals surface area contributed by atoms with Crippen molar-refractivity contribution in [2.75, 3.05) is 0 Å². The third kappa shape index (κ3) is 5.04. The Kier molecular flexibility index (Phi) is 6.21. The van der Waals surface area contributed by atoms with E-state index in [2.05, 4.69) is 10.4 Å². The molecule has 0 bridgehead atoms. The van der Waals surface area contributed by atoms with Gasteiger partial charge in [0.1, 0.15) is 11.0 Å². The van der Waals surface area contributed by atoms with Crippen LogP contribution in [0.3, 0.4) is 0 Å². The van der Waals surface area contributed by atoms with Crippen LogP contribution in [0.4, 0.5) is 4.39 Å². The summed E-state index contributed by atoms with van der Waals surface area (Å²) < 4.78 is 14.4. The van der Waals surface area contributed by atoms with Crippen molar-refractivity contribution in [2.24, 2.45) is 0 Å². The molecule has 7 heteroatoms. The van der Waals surface area contributed by atoms with Crippen LogP contribution in [-0.4, -0.2) is 27.3 Å². The van der Waals surface area contributed by atoms with Crippen molar-refractivity contribution in [3.63, 3.8) is 0 Å². The van der Waals surface area contributed by atoms with E-state index in [0.29, 0.717) is 12.1 Å². The second-order valence-electron chi connectivity index (χ2n) is 7.24. The molecule has 0 aliphatic rings. The quantitative estimate of drug-likeness (QED) is 0.625. The fourth-order valence-corrected chi connectivity index (χ4v) is 2.77. The van der Waals surface area contributed by atoms with Gasteiger partial charge in [0.25, 0.3) is 11.8 Å². The Balaban J connectivity index is 2.35. The highest BCUT2D eigenvalue weighted by molar-refractivity contribution is 6.29. The molecule has 27 heavy (non-hydrogen) atoms. The molecule has 1 N–H and O–H groups in total. The van der Waals surface area contributed by atoms with Gasteiger partial charge in [0.2, 0.25) is 0 Å². The first-order chi connectivity index (χ1) is 12.5. The summed E-state index contributed by atoms with van der Waals surface area (Å²) in [7, 11) is 0. The number of benzene rings is 1. The SMILES string of the molecule is CCc1ccc(C(=O)N(NC(=O)c2cc(C)nc(Cl)c2)C(C)(C)C)c(F)c1. The molecule has 1 heterocycles. The van der Waals surface area contributed by atoms with Crippen molar-refractivity contribution in [3.8, 4) is 0 Å². The molecule has 0 unspecified atom stereocenters. The van der Waals surface area contributed by atoms with Crippen molar-refractivity contribution in [1.29, 1.82) is 0 Å². The van der Waals surface area contributed by atoms with Crippen LogP contribution in [0.1, 0.15) is 59.7 Å². The first kappa shape index (κ1) is 20.8. The van der Waals surface area contributed by atoms with Crippen LogP contribution >= 0.6 is 11.6 Å². The molecule has 1 aromatic heterocycles. The van der Waals surface area contributed by atoms with Gasteiger partial charge >= 0.3 is 0 Å². The van der Waals surface area contributed by atoms with Crippen molar-refractivity contribution >= 4 is 23.4 Å². The van der Waals surface area contributed by atoms with Crippen LogP contribution in [0.5, 0.6) is 0 Å². The molecule has 0 aliphatic heterocycles. The highest BCUT2D eigenvalue weighted by Crippen LogP contribution is 2.19. The maximum Gasteiger partial charge on any atom is 0.275 e. The lowest BCUT2D eigenvalue weighted by atomic mass is 10.0. The molecule has 144 valence electrons. The van der Waals surface area contributed by atoms with Gasteiger partial charge < -0.3 is 0 Å². The molecule has 2 aromatic rings. The number of aromatic nitrogens is 1. The van der Waals surface area contributed by atoms with E-state index in [4.69, 9.17) is 11.6 Å². The van der Waals surface area contributed by atoms with Gasteiger partial charge in [-0.05, 0) is 63.9 Å². The van der Waals surface area contributed by atoms with Gasteiger partial charge in [0.15, 0.2) is 0 Å². The number of nitrogens with one attached hydrogen (secondary N) is 1. The van der Waals surface area contributed by atoms with Crippen LogP contribution in [0, 0.1) is 12.7 Å². The minimum atomic E-state index is -0.783. The minimum Gasteiger partial charge on any atom is -0.267 e. The predicted octanol–water partition coefficient (Wildman–Crippen LogP) is 4.33. The van der Waals surface area contributed by atoms with E-state index in [1.165, 1.54) is 18.2 Å². The Morgan fingerprint density at radius 2 is 1.89 bits per heavy atom. The molecule has 0 fully saturated rings. The molecule has 2 rings (SSSR count). The fourth-order valence-electron chi connectivity index (χ4n) is 2.52. The Hall–Kier alpha value is -2.47. The van der Waals surface area contributed by atoms with Crippen molar-refractivity contribution in [3.05, 3.63) is 63.7 Å². The third-order valence-electron chi connectivity index (χ3n) is 3.94. The molecule has 1 aromatic carbocycles. The van der Waals surface area contributed by atoms with Gasteiger partial charge in [0.05, 0.1) is 11.1 Å². The zero-order valence-corrected chi connectivity index (χ0v) is 16.8. The summed E-state index contributed by atoms with van der Waals surface area (Å²) in [6.07, 6.45) is 0.660. The summed E-state index contributed by atoms with van der Waals surface area (Å²) in [6, 6.07) is 7.44. The van der Waals surface area contributed by atoms with Crippen molar-refractivity contribution in [1.82, 2.24) is 15.4 Å². The van der Waals surface area contributed by atoms with Gasteiger partial charge in [-0.2, -0.15) is 0 Å². The number of pyridine rings is 1. The number of carbonyl (C=O) groups is 2. The Morgan fingerprint density at radius 3 is 2.41 bits per heavy atom. The zero-order valence-electron chi connectivity index (χ0n) is 16.1. The molecular formula is C20H23ClFN3O2. The Morgan fingerprint density at radius 1 is 1.22 bits per heavy atom. The topological polar surface area (TPSA) is 62.3 Å². The van der Waals surface area contributed by atoms with Gasteiger partial charge in [-0.15, -0.1) is 0 Å². The maximum atomic E-state index is 14.4. The number of hydrogen-bond acceptors (Lipinski definition) is 3. The number of amides is 2. The summed E-state index contributed by atoms with van der Waals surface area (Å²) in [5, 5.41) is 1.30. The molecule has 0 radical (unpaired) electrons. The van der Waals surface area contributed by atoms with Crippen molar-refractivity contribution in [2.45, 2.75) is 46.6 Å². The first-order valence-electron chi connectivity index (χ1n) is 8.61. The van der Waals surface area contributed by atoms with E-state index in [0.717, 1.165) is 10.6 Å². The van der Waals surface area contributed by atoms with Crippen LogP contribution in [0.2, 0.25) is 5.15 Å². The van der Waals surface area contributed by atoms with Crippen LogP contribution in [-0.2, 0) is 6.42 Å². The largest absolute Gasteiger partial charge is 0.275 e. The average molecular weight is 392 g/mol. The average Bonchev–Trinajstić information content (AvgIpc) is 2.56. The summed E-state index contributed by atoms with van der Waals surface area (Å²) >= 11 is 5.91. The van der Waals surface area contributed by atoms with Gasteiger partial charge in [-0.3, -0.25) is 15.0 Å². The highest BCUT2D eigenvalue weighted by atomic mass is 35.5. The van der Waals surface area contributed by atoms with Gasteiger partial charge in [-0.25, -0.2) is 14.4 Å². The van der Waals surface area contributed by atoms with E-state index in [1.54, 1.807) is 39.8 Å². The van der Waals surface area contributed by atoms with E-state index in [9.17, 15) is 14.0 Å². The summed E-state index contributed by atoms with van der Waals surface area (Å²) in [5.74, 6) is -1.78. The molecule has 0 spiro atoms. The Labute approximate surface area is 163 Å². The molecule has 0 atom stereocenters. The smallest absolute Gasteiger partial charge is 0.267 e. The van der Waals surface area contributed by atoms with E-state index in [-0.39, 0.29) is 16.3 Å². The van der Waals surface area contributed by atoms with Crippen molar-refractivity contribution < 1.29 is 14.0 Å². The standard InChI is InChI=1S/C20H23ClFN3O2/c1-6-13-7-8-15(16(22)10-13)19(27)25(20(3,4)5)24-18(26)14-9-12(2)23-17(21)11-14/h7-11H,6H2,1-5H3,(H,24,26). The second kappa shape index (κ2) is 8.05. The number of carbonyl (C=O) groups excluding carboxylic acids is 2. The van der Waals surface area contributed by atoms with Crippen LogP contribution in [0.15, 0.2) is 30.3 Å². The molecule has 5 nitrogen and oxygen atoms in total. The number of hydrogen-bond donors (Lipinski definition) is 1. The summed E-state index contributed by atoms with van der Waals surface area (Å²) in [6.45, 7) is 8.84. The third-order valence-corrected chi connectivity index (χ3v) is 4.14. The van der Waals surface area contributed by atoms with Crippen LogP contribution in [0.25, 0.3) is 0 Å². The second-order valence-corrected chi connectivity index (χ2v) is 7.63. The normalized spacial score (nSPS) is 11.2. The predicted molar refractivity (Wildman–Crippen MR) is 103 cm³/mol. The first-order valence-corrected chi connectivity index (χ1v) is 8.99. The molecule has 0 saturated heterocycles. The number of rotatable bonds is 3. The zero-order chi connectivity index (χ0) is 20.4. The summed E-state index contributed by atoms with van der Waals surface area (Å²) in [5.41, 5.74) is 3.31. The number of hydrazine groups is 1. The molecule has 2 amide bonds. The fraction of sp³-hybridized carbons (Fsp3) is 0.350. The summed E-state index contributed by atoms with van der Waals surface area (Å²) in [4.78, 5) is 29.6. The number of halogens is 2. The maximum absolute atomic E-state index is 14.4. The van der Waals surface area contributed by atoms with E-state index < -0.39 is 23.2 Å². The van der Waals surface area contributed by atoms with Gasteiger partial charge in [-0.1, -0.05) is 24.6 Å².